The first kappa shape index (κ1) is 15.4. The van der Waals surface area contributed by atoms with E-state index < -0.39 is 0 Å². The lowest BCUT2D eigenvalue weighted by molar-refractivity contribution is 0.0845. The molecule has 4 rings (SSSR count). The lowest BCUT2D eigenvalue weighted by atomic mass is 9.88. The molecule has 0 radical (unpaired) electrons. The van der Waals surface area contributed by atoms with E-state index >= 15 is 0 Å². The first-order valence-electron chi connectivity index (χ1n) is 8.34. The average Bonchev–Trinajstić information content (AvgIpc) is 2.64. The minimum atomic E-state index is -0.380. The molecule has 1 aliphatic heterocycles. The van der Waals surface area contributed by atoms with Crippen LogP contribution in [-0.2, 0) is 0 Å². The van der Waals surface area contributed by atoms with Crippen LogP contribution in [0, 0.1) is 0 Å². The summed E-state index contributed by atoms with van der Waals surface area (Å²) in [6.07, 6.45) is 0.867. The van der Waals surface area contributed by atoms with Gasteiger partial charge in [-0.2, -0.15) is 0 Å². The van der Waals surface area contributed by atoms with E-state index in [9.17, 15) is 9.59 Å². The highest BCUT2D eigenvalue weighted by molar-refractivity contribution is 6.28. The Balaban J connectivity index is 2.12. The van der Waals surface area contributed by atoms with Crippen LogP contribution >= 0.6 is 0 Å². The number of hydrogen-bond acceptors (Lipinski definition) is 3. The summed E-state index contributed by atoms with van der Waals surface area (Å²) in [7, 11) is 0. The number of amides is 2. The molecule has 25 heavy (non-hydrogen) atoms. The van der Waals surface area contributed by atoms with Gasteiger partial charge < -0.3 is 4.74 Å². The van der Waals surface area contributed by atoms with Crippen LogP contribution in [0.4, 0.5) is 0 Å². The van der Waals surface area contributed by atoms with Crippen LogP contribution < -0.4 is 10.1 Å². The summed E-state index contributed by atoms with van der Waals surface area (Å²) in [6.45, 7) is 2.60. The van der Waals surface area contributed by atoms with Crippen molar-refractivity contribution in [3.63, 3.8) is 0 Å². The molecular weight excluding hydrogens is 314 g/mol. The maximum absolute atomic E-state index is 12.7. The molecule has 124 valence electrons. The second kappa shape index (κ2) is 6.06. The van der Waals surface area contributed by atoms with Gasteiger partial charge in [-0.05, 0) is 29.5 Å². The lowest BCUT2D eigenvalue weighted by Gasteiger charge is -2.22. The van der Waals surface area contributed by atoms with E-state index in [0.717, 1.165) is 22.9 Å². The summed E-state index contributed by atoms with van der Waals surface area (Å²) in [5.41, 5.74) is 2.65. The Hall–Kier alpha value is -3.14. The summed E-state index contributed by atoms with van der Waals surface area (Å²) in [5.74, 6) is -0.0731. The average molecular weight is 331 g/mol. The number of benzene rings is 3. The van der Waals surface area contributed by atoms with Crippen LogP contribution in [0.5, 0.6) is 5.75 Å². The van der Waals surface area contributed by atoms with Crippen molar-refractivity contribution in [2.75, 3.05) is 6.61 Å². The molecule has 3 aromatic rings. The van der Waals surface area contributed by atoms with Crippen LogP contribution in [0.1, 0.15) is 34.1 Å². The van der Waals surface area contributed by atoms with Crippen molar-refractivity contribution in [3.05, 3.63) is 65.7 Å². The van der Waals surface area contributed by atoms with Crippen LogP contribution in [0.3, 0.4) is 0 Å². The van der Waals surface area contributed by atoms with Gasteiger partial charge in [0.1, 0.15) is 5.75 Å². The Bertz CT molecular complexity index is 993. The molecule has 0 unspecified atom stereocenters. The summed E-state index contributed by atoms with van der Waals surface area (Å²) in [4.78, 5) is 24.9. The first-order valence-corrected chi connectivity index (χ1v) is 8.34. The third-order valence-electron chi connectivity index (χ3n) is 4.35. The van der Waals surface area contributed by atoms with E-state index in [1.807, 2.05) is 55.5 Å². The molecule has 1 aliphatic rings. The zero-order chi connectivity index (χ0) is 17.4. The maximum atomic E-state index is 12.7. The van der Waals surface area contributed by atoms with Crippen molar-refractivity contribution < 1.29 is 14.3 Å². The van der Waals surface area contributed by atoms with Gasteiger partial charge in [-0.3, -0.25) is 14.9 Å². The molecule has 0 saturated heterocycles. The highest BCUT2D eigenvalue weighted by atomic mass is 16.5. The molecule has 0 bridgehead atoms. The zero-order valence-corrected chi connectivity index (χ0v) is 13.8. The molecule has 0 atom stereocenters. The molecule has 4 heteroatoms. The van der Waals surface area contributed by atoms with Crippen molar-refractivity contribution in [3.8, 4) is 16.9 Å². The van der Waals surface area contributed by atoms with E-state index in [2.05, 4.69) is 5.32 Å². The molecule has 1 N–H and O–H groups in total. The quantitative estimate of drug-likeness (QED) is 0.730. The second-order valence-corrected chi connectivity index (χ2v) is 6.03. The Kier molecular flexibility index (Phi) is 3.73. The predicted molar refractivity (Wildman–Crippen MR) is 97.0 cm³/mol. The Morgan fingerprint density at radius 2 is 1.72 bits per heavy atom. The monoisotopic (exact) mass is 331 g/mol. The summed E-state index contributed by atoms with van der Waals surface area (Å²) < 4.78 is 5.97. The van der Waals surface area contributed by atoms with Gasteiger partial charge in [0, 0.05) is 16.5 Å². The number of imide groups is 1. The molecule has 0 fully saturated rings. The van der Waals surface area contributed by atoms with Crippen LogP contribution in [0.25, 0.3) is 21.9 Å². The fraction of sp³-hybridized carbons (Fsp3) is 0.143. The van der Waals surface area contributed by atoms with Crippen LogP contribution in [-0.4, -0.2) is 18.4 Å². The highest BCUT2D eigenvalue weighted by Gasteiger charge is 2.30. The first-order chi connectivity index (χ1) is 12.2. The predicted octanol–water partition coefficient (Wildman–Crippen LogP) is 4.18. The molecule has 0 aromatic heterocycles. The SMILES string of the molecule is CCCOc1cc2cccc3c2c(c1-c1ccccc1)C(=O)NC3=O. The normalized spacial score (nSPS) is 13.0. The lowest BCUT2D eigenvalue weighted by Crippen LogP contribution is -2.35. The van der Waals surface area contributed by atoms with Gasteiger partial charge in [0.05, 0.1) is 12.2 Å². The number of nitrogens with one attached hydrogen (secondary N) is 1. The van der Waals surface area contributed by atoms with E-state index in [1.54, 1.807) is 6.07 Å². The molecule has 1 heterocycles. The third kappa shape index (κ3) is 2.47. The van der Waals surface area contributed by atoms with Crippen molar-refractivity contribution in [2.45, 2.75) is 13.3 Å². The van der Waals surface area contributed by atoms with Crippen molar-refractivity contribution in [1.82, 2.24) is 5.32 Å². The highest BCUT2D eigenvalue weighted by Crippen LogP contribution is 2.41. The minimum Gasteiger partial charge on any atom is -0.493 e. The fourth-order valence-corrected chi connectivity index (χ4v) is 3.30. The number of carbonyl (C=O) groups excluding carboxylic acids is 2. The molecule has 0 saturated carbocycles. The zero-order valence-electron chi connectivity index (χ0n) is 13.8. The van der Waals surface area contributed by atoms with Crippen LogP contribution in [0.15, 0.2) is 54.6 Å². The van der Waals surface area contributed by atoms with Gasteiger partial charge in [0.15, 0.2) is 0 Å². The van der Waals surface area contributed by atoms with Gasteiger partial charge in [0.2, 0.25) is 0 Å². The molecule has 4 nitrogen and oxygen atoms in total. The molecule has 0 aliphatic carbocycles. The smallest absolute Gasteiger partial charge is 0.259 e. The number of hydrogen-bond donors (Lipinski definition) is 1. The minimum absolute atomic E-state index is 0.357. The maximum Gasteiger partial charge on any atom is 0.259 e. The Morgan fingerprint density at radius 1 is 0.920 bits per heavy atom. The topological polar surface area (TPSA) is 55.4 Å². The summed E-state index contributed by atoms with van der Waals surface area (Å²) in [6, 6.07) is 17.1. The number of ether oxygens (including phenoxy) is 1. The standard InChI is InChI=1S/C21H17NO3/c1-2-11-25-16-12-14-9-6-10-15-17(14)19(21(24)22-20(15)23)18(16)13-7-4-3-5-8-13/h3-10,12H,2,11H2,1H3,(H,22,23,24). The van der Waals surface area contributed by atoms with E-state index in [-0.39, 0.29) is 11.8 Å². The molecule has 2 amide bonds. The van der Waals surface area contributed by atoms with E-state index in [1.165, 1.54) is 0 Å². The summed E-state index contributed by atoms with van der Waals surface area (Å²) >= 11 is 0. The molecule has 0 spiro atoms. The number of rotatable bonds is 4. The van der Waals surface area contributed by atoms with Gasteiger partial charge in [-0.15, -0.1) is 0 Å². The summed E-state index contributed by atoms with van der Waals surface area (Å²) in [5, 5.41) is 3.98. The van der Waals surface area contributed by atoms with Crippen molar-refractivity contribution >= 4 is 22.6 Å². The Labute approximate surface area is 145 Å². The Morgan fingerprint density at radius 3 is 2.48 bits per heavy atom. The van der Waals surface area contributed by atoms with Gasteiger partial charge in [0.25, 0.3) is 11.8 Å². The van der Waals surface area contributed by atoms with Gasteiger partial charge in [-0.1, -0.05) is 49.4 Å². The fourth-order valence-electron chi connectivity index (χ4n) is 3.30. The van der Waals surface area contributed by atoms with E-state index in [0.29, 0.717) is 28.9 Å². The molecular formula is C21H17NO3. The second-order valence-electron chi connectivity index (χ2n) is 6.03. The van der Waals surface area contributed by atoms with Crippen molar-refractivity contribution in [2.24, 2.45) is 0 Å². The van der Waals surface area contributed by atoms with Gasteiger partial charge in [-0.25, -0.2) is 0 Å². The van der Waals surface area contributed by atoms with Crippen LogP contribution in [0.2, 0.25) is 0 Å². The van der Waals surface area contributed by atoms with E-state index in [4.69, 9.17) is 4.74 Å². The van der Waals surface area contributed by atoms with Gasteiger partial charge >= 0.3 is 0 Å². The molecule has 3 aromatic carbocycles. The van der Waals surface area contributed by atoms with Crippen molar-refractivity contribution in [1.29, 1.82) is 0 Å². The largest absolute Gasteiger partial charge is 0.493 e. The third-order valence-corrected chi connectivity index (χ3v) is 4.35. The number of carbonyl (C=O) groups is 2.